The molecule has 0 rings (SSSR count). The van der Waals surface area contributed by atoms with Gasteiger partial charge in [-0.15, -0.1) is 0 Å². The molecule has 90 valence electrons. The molecule has 0 bridgehead atoms. The van der Waals surface area contributed by atoms with Crippen LogP contribution in [-0.2, 0) is 9.53 Å². The van der Waals surface area contributed by atoms with E-state index in [9.17, 15) is 39.9 Å². The highest BCUT2D eigenvalue weighted by Gasteiger charge is 2.65. The number of esters is 1. The van der Waals surface area contributed by atoms with E-state index in [0.717, 1.165) is 0 Å². The van der Waals surface area contributed by atoms with Crippen LogP contribution in [-0.4, -0.2) is 30.9 Å². The second kappa shape index (κ2) is 4.19. The van der Waals surface area contributed by atoms with E-state index in [2.05, 4.69) is 4.74 Å². The minimum absolute atomic E-state index is 2.58. The Hall–Kier alpha value is -1.09. The molecule has 0 aromatic heterocycles. The van der Waals surface area contributed by atoms with Gasteiger partial charge in [-0.2, -0.15) is 26.3 Å². The maximum absolute atomic E-state index is 11.9. The Balaban J connectivity index is 4.59. The quantitative estimate of drug-likeness (QED) is 0.564. The zero-order chi connectivity index (χ0) is 12.4. The van der Waals surface area contributed by atoms with Crippen molar-refractivity contribution >= 4 is 5.97 Å². The Morgan fingerprint density at radius 2 is 1.40 bits per heavy atom. The molecule has 0 saturated heterocycles. The predicted molar refractivity (Wildman–Crippen MR) is 28.0 cm³/mol. The van der Waals surface area contributed by atoms with Gasteiger partial charge in [-0.1, -0.05) is 0 Å². The maximum Gasteiger partial charge on any atom is 0.465 e. The summed E-state index contributed by atoms with van der Waals surface area (Å²) in [6, 6.07) is 0. The molecule has 1 unspecified atom stereocenters. The molecule has 0 aliphatic heterocycles. The number of halogens is 8. The van der Waals surface area contributed by atoms with E-state index in [1.807, 2.05) is 0 Å². The fourth-order valence-corrected chi connectivity index (χ4v) is 0.343. The molecule has 1 atom stereocenters. The molecule has 0 heterocycles. The highest BCUT2D eigenvalue weighted by molar-refractivity contribution is 5.78. The van der Waals surface area contributed by atoms with Crippen LogP contribution >= 0.6 is 0 Å². The normalized spacial score (nSPS) is 15.3. The lowest BCUT2D eigenvalue weighted by Gasteiger charge is -2.18. The molecule has 0 aliphatic rings. The number of ether oxygens (including phenoxy) is 1. The van der Waals surface area contributed by atoms with Crippen LogP contribution in [0.15, 0.2) is 0 Å². The molecule has 10 heteroatoms. The van der Waals surface area contributed by atoms with Crippen LogP contribution in [0.25, 0.3) is 0 Å². The van der Waals surface area contributed by atoms with Crippen LogP contribution in [0, 0.1) is 0 Å². The lowest BCUT2D eigenvalue weighted by molar-refractivity contribution is -0.287. The summed E-state index contributed by atoms with van der Waals surface area (Å²) >= 11 is 0. The first kappa shape index (κ1) is 13.9. The highest BCUT2D eigenvalue weighted by atomic mass is 19.4. The number of hydrogen-bond acceptors (Lipinski definition) is 2. The summed E-state index contributed by atoms with van der Waals surface area (Å²) in [7, 11) is 0. The predicted octanol–water partition coefficient (Wildman–Crippen LogP) is 2.29. The lowest BCUT2D eigenvalue weighted by Crippen LogP contribution is -2.46. The van der Waals surface area contributed by atoms with E-state index >= 15 is 0 Å². The van der Waals surface area contributed by atoms with Gasteiger partial charge >= 0.3 is 30.9 Å². The molecule has 0 radical (unpaired) electrons. The Morgan fingerprint density at radius 1 is 1.00 bits per heavy atom. The molecule has 0 saturated carbocycles. The fourth-order valence-electron chi connectivity index (χ4n) is 0.343. The smallest absolute Gasteiger partial charge is 0.420 e. The lowest BCUT2D eigenvalue weighted by atomic mass is 10.3. The van der Waals surface area contributed by atoms with E-state index in [0.29, 0.717) is 0 Å². The number of carbonyl (C=O) groups is 1. The molecular weight excluding hydrogens is 244 g/mol. The molecule has 0 fully saturated rings. The van der Waals surface area contributed by atoms with Crippen molar-refractivity contribution in [2.24, 2.45) is 0 Å². The van der Waals surface area contributed by atoms with Crippen LogP contribution in [0.3, 0.4) is 0 Å². The van der Waals surface area contributed by atoms with Crippen molar-refractivity contribution in [3.63, 3.8) is 0 Å². The SMILES string of the molecule is O=C(OC(F)C(F)F)C(F)(F)C(F)(F)F. The van der Waals surface area contributed by atoms with Crippen molar-refractivity contribution in [2.75, 3.05) is 0 Å². The van der Waals surface area contributed by atoms with Crippen LogP contribution in [0.2, 0.25) is 0 Å². The van der Waals surface area contributed by atoms with Crippen molar-refractivity contribution in [3.05, 3.63) is 0 Å². The largest absolute Gasteiger partial charge is 0.465 e. The monoisotopic (exact) mass is 246 g/mol. The topological polar surface area (TPSA) is 26.3 Å². The number of carbonyl (C=O) groups excluding carboxylic acids is 1. The van der Waals surface area contributed by atoms with Crippen molar-refractivity contribution in [1.82, 2.24) is 0 Å². The molecule has 0 N–H and O–H groups in total. The first-order valence-electron chi connectivity index (χ1n) is 3.08. The third kappa shape index (κ3) is 3.20. The van der Waals surface area contributed by atoms with Crippen molar-refractivity contribution in [3.8, 4) is 0 Å². The van der Waals surface area contributed by atoms with Crippen LogP contribution in [0.5, 0.6) is 0 Å². The molecule has 0 aromatic carbocycles. The minimum atomic E-state index is -6.33. The summed E-state index contributed by atoms with van der Waals surface area (Å²) in [5.74, 6) is -9.44. The van der Waals surface area contributed by atoms with Crippen molar-refractivity contribution in [1.29, 1.82) is 0 Å². The zero-order valence-corrected chi connectivity index (χ0v) is 6.49. The first-order valence-corrected chi connectivity index (χ1v) is 3.08. The summed E-state index contributed by atoms with van der Waals surface area (Å²) in [6.07, 6.45) is -14.2. The van der Waals surface area contributed by atoms with Crippen LogP contribution in [0.1, 0.15) is 0 Å². The van der Waals surface area contributed by atoms with Crippen LogP contribution in [0.4, 0.5) is 35.1 Å². The van der Waals surface area contributed by atoms with Gasteiger partial charge in [0.2, 0.25) is 0 Å². The molecule has 0 aromatic rings. The zero-order valence-electron chi connectivity index (χ0n) is 6.49. The Morgan fingerprint density at radius 3 is 1.67 bits per heavy atom. The van der Waals surface area contributed by atoms with Gasteiger partial charge in [0, 0.05) is 0 Å². The summed E-state index contributed by atoms with van der Waals surface area (Å²) in [5.41, 5.74) is 0. The van der Waals surface area contributed by atoms with E-state index in [4.69, 9.17) is 0 Å². The third-order valence-corrected chi connectivity index (χ3v) is 1.03. The number of rotatable bonds is 3. The second-order valence-electron chi connectivity index (χ2n) is 2.16. The molecule has 2 nitrogen and oxygen atoms in total. The van der Waals surface area contributed by atoms with Crippen molar-refractivity contribution < 1.29 is 44.7 Å². The first-order chi connectivity index (χ1) is 6.50. The maximum atomic E-state index is 11.9. The van der Waals surface area contributed by atoms with Gasteiger partial charge in [-0.25, -0.2) is 13.6 Å². The molecular formula is C5H2F8O2. The third-order valence-electron chi connectivity index (χ3n) is 1.03. The minimum Gasteiger partial charge on any atom is -0.420 e. The van der Waals surface area contributed by atoms with Gasteiger partial charge in [-0.05, 0) is 0 Å². The average molecular weight is 246 g/mol. The second-order valence-corrected chi connectivity index (χ2v) is 2.16. The van der Waals surface area contributed by atoms with E-state index in [1.54, 1.807) is 0 Å². The molecule has 0 amide bonds. The fraction of sp³-hybridized carbons (Fsp3) is 0.800. The van der Waals surface area contributed by atoms with Gasteiger partial charge in [0.05, 0.1) is 0 Å². The van der Waals surface area contributed by atoms with Crippen molar-refractivity contribution in [2.45, 2.75) is 24.9 Å². The van der Waals surface area contributed by atoms with Gasteiger partial charge in [0.25, 0.3) is 0 Å². The van der Waals surface area contributed by atoms with E-state index in [-0.39, 0.29) is 0 Å². The molecule has 0 aliphatic carbocycles. The van der Waals surface area contributed by atoms with E-state index in [1.165, 1.54) is 0 Å². The Bertz CT molecular complexity index is 234. The Labute approximate surface area is 76.8 Å². The average Bonchev–Trinajstić information content (AvgIpc) is 2.01. The van der Waals surface area contributed by atoms with Gasteiger partial charge in [0.1, 0.15) is 0 Å². The van der Waals surface area contributed by atoms with E-state index < -0.39 is 30.9 Å². The van der Waals surface area contributed by atoms with Gasteiger partial charge in [-0.3, -0.25) is 0 Å². The highest BCUT2D eigenvalue weighted by Crippen LogP contribution is 2.36. The summed E-state index contributed by atoms with van der Waals surface area (Å²) in [5, 5.41) is 0. The summed E-state index contributed by atoms with van der Waals surface area (Å²) in [6.45, 7) is 0. The summed E-state index contributed by atoms with van der Waals surface area (Å²) in [4.78, 5) is 9.96. The molecule has 0 spiro atoms. The van der Waals surface area contributed by atoms with Gasteiger partial charge in [0.15, 0.2) is 0 Å². The number of hydrogen-bond donors (Lipinski definition) is 0. The standard InChI is InChI=1S/C5H2F8O2/c6-1(7)2(8)15-3(14)4(9,10)5(11,12)13/h1-2H. The number of alkyl halides is 8. The van der Waals surface area contributed by atoms with Crippen LogP contribution < -0.4 is 0 Å². The van der Waals surface area contributed by atoms with Gasteiger partial charge < -0.3 is 4.74 Å². The Kier molecular flexibility index (Phi) is 3.88. The summed E-state index contributed by atoms with van der Waals surface area (Å²) < 4.78 is 95.0. The molecule has 15 heavy (non-hydrogen) atoms.